The lowest BCUT2D eigenvalue weighted by molar-refractivity contribution is 1.02. The number of hydrogen-bond acceptors (Lipinski definition) is 1. The van der Waals surface area contributed by atoms with Gasteiger partial charge in [-0.05, 0) is 31.2 Å². The molecule has 0 aliphatic heterocycles. The zero-order valence-corrected chi connectivity index (χ0v) is 8.63. The highest BCUT2D eigenvalue weighted by Gasteiger charge is 2.04. The lowest BCUT2D eigenvalue weighted by Crippen LogP contribution is -2.15. The van der Waals surface area contributed by atoms with Gasteiger partial charge in [0.2, 0.25) is 0 Å². The van der Waals surface area contributed by atoms with Gasteiger partial charge in [-0.1, -0.05) is 36.4 Å². The van der Waals surface area contributed by atoms with E-state index in [1.807, 2.05) is 36.4 Å². The fraction of sp³-hybridized carbons (Fsp3) is 0.143. The van der Waals surface area contributed by atoms with Crippen LogP contribution in [-0.2, 0) is 0 Å². The van der Waals surface area contributed by atoms with Crippen LogP contribution >= 0.6 is 0 Å². The Morgan fingerprint density at radius 1 is 0.867 bits per heavy atom. The Kier molecular flexibility index (Phi) is 2.65. The molecule has 15 heavy (non-hydrogen) atoms. The van der Waals surface area contributed by atoms with Crippen LogP contribution < -0.4 is 4.90 Å². The topological polar surface area (TPSA) is 3.24 Å². The first-order valence-corrected chi connectivity index (χ1v) is 5.08. The van der Waals surface area contributed by atoms with E-state index in [2.05, 4.69) is 29.2 Å². The molecular formula is C14H15N. The fourth-order valence-corrected chi connectivity index (χ4v) is 1.62. The van der Waals surface area contributed by atoms with Gasteiger partial charge in [0.15, 0.2) is 0 Å². The van der Waals surface area contributed by atoms with Gasteiger partial charge in [-0.25, -0.2) is 0 Å². The lowest BCUT2D eigenvalue weighted by Gasteiger charge is -2.23. The van der Waals surface area contributed by atoms with E-state index in [0.29, 0.717) is 13.4 Å². The van der Waals surface area contributed by atoms with E-state index in [0.717, 1.165) is 11.4 Å². The van der Waals surface area contributed by atoms with Crippen LogP contribution in [0.5, 0.6) is 0 Å². The van der Waals surface area contributed by atoms with Crippen LogP contribution in [0.2, 0.25) is 0 Å². The molecule has 2 aromatic carbocycles. The largest absolute Gasteiger partial charge is 0.342 e. The van der Waals surface area contributed by atoms with Crippen LogP contribution in [0.3, 0.4) is 0 Å². The predicted octanol–water partition coefficient (Wildman–Crippen LogP) is 3.84. The first-order chi connectivity index (χ1) is 7.92. The van der Waals surface area contributed by atoms with Crippen molar-refractivity contribution >= 4 is 11.4 Å². The number of nitrogens with zero attached hydrogens (tertiary/aromatic N) is 1. The monoisotopic (exact) mass is 198 g/mol. The molecule has 76 valence electrons. The number of anilines is 2. The highest BCUT2D eigenvalue weighted by Crippen LogP contribution is 2.23. The van der Waals surface area contributed by atoms with Crippen LogP contribution in [0.25, 0.3) is 0 Å². The van der Waals surface area contributed by atoms with Crippen molar-refractivity contribution in [2.75, 3.05) is 11.4 Å². The van der Waals surface area contributed by atoms with Crippen LogP contribution in [0.1, 0.15) is 8.27 Å². The van der Waals surface area contributed by atoms with E-state index in [4.69, 9.17) is 1.37 Å². The quantitative estimate of drug-likeness (QED) is 0.724. The highest BCUT2D eigenvalue weighted by atomic mass is 15.1. The summed E-state index contributed by atoms with van der Waals surface area (Å²) in [5, 5.41) is 0. The number of rotatable bonds is 3. The molecule has 0 spiro atoms. The van der Waals surface area contributed by atoms with Crippen LogP contribution in [0.4, 0.5) is 11.4 Å². The summed E-state index contributed by atoms with van der Waals surface area (Å²) in [5.74, 6) is 0. The SMILES string of the molecule is [2H]CCN(c1ccccc1)c1ccccc1. The third kappa shape index (κ3) is 2.18. The molecule has 0 radical (unpaired) electrons. The highest BCUT2D eigenvalue weighted by molar-refractivity contribution is 5.62. The van der Waals surface area contributed by atoms with E-state index in [1.165, 1.54) is 0 Å². The van der Waals surface area contributed by atoms with Crippen molar-refractivity contribution in [3.05, 3.63) is 60.7 Å². The summed E-state index contributed by atoms with van der Waals surface area (Å²) in [6, 6.07) is 20.4. The van der Waals surface area contributed by atoms with Gasteiger partial charge in [-0.15, -0.1) is 0 Å². The van der Waals surface area contributed by atoms with Gasteiger partial charge < -0.3 is 4.90 Å². The predicted molar refractivity (Wildman–Crippen MR) is 65.6 cm³/mol. The van der Waals surface area contributed by atoms with Gasteiger partial charge >= 0.3 is 0 Å². The third-order valence-corrected chi connectivity index (χ3v) is 2.36. The van der Waals surface area contributed by atoms with Gasteiger partial charge in [0, 0.05) is 19.3 Å². The van der Waals surface area contributed by atoms with Crippen molar-refractivity contribution in [1.29, 1.82) is 0 Å². The van der Waals surface area contributed by atoms with Gasteiger partial charge in [-0.2, -0.15) is 0 Å². The first-order valence-electron chi connectivity index (χ1n) is 5.79. The molecule has 0 atom stereocenters. The maximum absolute atomic E-state index is 7.39. The van der Waals surface area contributed by atoms with Gasteiger partial charge in [-0.3, -0.25) is 0 Å². The van der Waals surface area contributed by atoms with Gasteiger partial charge in [0.1, 0.15) is 0 Å². The molecule has 1 heteroatoms. The molecule has 0 saturated carbocycles. The maximum atomic E-state index is 7.39. The smallest absolute Gasteiger partial charge is 0.0410 e. The molecule has 0 heterocycles. The van der Waals surface area contributed by atoms with Crippen molar-refractivity contribution in [2.45, 2.75) is 6.90 Å². The number of hydrogen-bond donors (Lipinski definition) is 0. The normalized spacial score (nSPS) is 10.8. The van der Waals surface area contributed by atoms with Crippen molar-refractivity contribution in [3.63, 3.8) is 0 Å². The summed E-state index contributed by atoms with van der Waals surface area (Å²) >= 11 is 0. The van der Waals surface area contributed by atoms with Crippen LogP contribution in [0.15, 0.2) is 60.7 Å². The maximum Gasteiger partial charge on any atom is 0.0410 e. The van der Waals surface area contributed by atoms with Crippen molar-refractivity contribution in [3.8, 4) is 0 Å². The molecule has 0 saturated heterocycles. The van der Waals surface area contributed by atoms with E-state index in [9.17, 15) is 0 Å². The average molecular weight is 198 g/mol. The molecule has 0 fully saturated rings. The molecule has 2 rings (SSSR count). The molecule has 0 aliphatic carbocycles. The van der Waals surface area contributed by atoms with Crippen molar-refractivity contribution < 1.29 is 1.37 Å². The summed E-state index contributed by atoms with van der Waals surface area (Å²) in [6.45, 7) is 1.11. The van der Waals surface area contributed by atoms with E-state index >= 15 is 0 Å². The number of para-hydroxylation sites is 2. The third-order valence-electron chi connectivity index (χ3n) is 2.36. The summed E-state index contributed by atoms with van der Waals surface area (Å²) in [6.07, 6.45) is 0. The zero-order valence-electron chi connectivity index (χ0n) is 9.63. The average Bonchev–Trinajstić information content (AvgIpc) is 2.38. The van der Waals surface area contributed by atoms with E-state index < -0.39 is 0 Å². The Labute approximate surface area is 92.4 Å². The zero-order chi connectivity index (χ0) is 11.2. The Morgan fingerprint density at radius 3 is 1.73 bits per heavy atom. The molecule has 0 aromatic heterocycles. The Balaban J connectivity index is 2.31. The van der Waals surface area contributed by atoms with E-state index in [1.54, 1.807) is 0 Å². The molecule has 0 N–H and O–H groups in total. The van der Waals surface area contributed by atoms with Crippen LogP contribution in [0, 0.1) is 0 Å². The molecule has 2 aromatic rings. The minimum Gasteiger partial charge on any atom is -0.342 e. The first kappa shape index (κ1) is 8.54. The fourth-order valence-electron chi connectivity index (χ4n) is 1.62. The molecule has 0 amide bonds. The van der Waals surface area contributed by atoms with Crippen molar-refractivity contribution in [2.24, 2.45) is 0 Å². The molecule has 0 bridgehead atoms. The molecule has 1 nitrogen and oxygen atoms in total. The summed E-state index contributed by atoms with van der Waals surface area (Å²) in [5.41, 5.74) is 2.28. The number of benzene rings is 2. The second kappa shape index (κ2) is 4.65. The lowest BCUT2D eigenvalue weighted by atomic mass is 10.2. The minimum absolute atomic E-state index is 0.393. The van der Waals surface area contributed by atoms with Gasteiger partial charge in [0.25, 0.3) is 0 Å². The molecular weight excluding hydrogens is 182 g/mol. The second-order valence-electron chi connectivity index (χ2n) is 3.32. The Bertz CT molecular complexity index is 374. The Morgan fingerprint density at radius 2 is 1.33 bits per heavy atom. The molecule has 0 unspecified atom stereocenters. The molecule has 0 aliphatic rings. The van der Waals surface area contributed by atoms with Crippen molar-refractivity contribution in [1.82, 2.24) is 0 Å². The second-order valence-corrected chi connectivity index (χ2v) is 3.32. The summed E-state index contributed by atoms with van der Waals surface area (Å²) < 4.78 is 7.39. The van der Waals surface area contributed by atoms with Gasteiger partial charge in [0.05, 0.1) is 0 Å². The summed E-state index contributed by atoms with van der Waals surface area (Å²) in [7, 11) is 0. The summed E-state index contributed by atoms with van der Waals surface area (Å²) in [4.78, 5) is 2.16. The minimum atomic E-state index is 0.393. The van der Waals surface area contributed by atoms with E-state index in [-0.39, 0.29) is 0 Å². The van der Waals surface area contributed by atoms with Crippen LogP contribution in [-0.4, -0.2) is 6.54 Å². The standard InChI is InChI=1S/C14H15N/c1-2-15(13-9-5-3-6-10-13)14-11-7-4-8-12-14/h3-12H,2H2,1H3/i1D. The Hall–Kier alpha value is -1.76.